The maximum absolute atomic E-state index is 12.3. The Morgan fingerprint density at radius 3 is 2.83 bits per heavy atom. The molecule has 0 bridgehead atoms. The lowest BCUT2D eigenvalue weighted by molar-refractivity contribution is 0.648. The van der Waals surface area contributed by atoms with Gasteiger partial charge in [-0.15, -0.1) is 0 Å². The molecule has 0 N–H and O–H groups in total. The van der Waals surface area contributed by atoms with E-state index in [0.29, 0.717) is 12.2 Å². The van der Waals surface area contributed by atoms with Gasteiger partial charge < -0.3 is 0 Å². The first kappa shape index (κ1) is 7.22. The predicted octanol–water partition coefficient (Wildman–Crippen LogP) is 2.71. The van der Waals surface area contributed by atoms with Crippen molar-refractivity contribution in [2.75, 3.05) is 0 Å². The summed E-state index contributed by atoms with van der Waals surface area (Å²) >= 11 is 0. The zero-order valence-electron chi connectivity index (χ0n) is 6.37. The number of pyridine rings is 1. The topological polar surface area (TPSA) is 12.9 Å². The van der Waals surface area contributed by atoms with Crippen LogP contribution in [0.15, 0.2) is 36.5 Å². The maximum Gasteiger partial charge on any atom is 0.161 e. The number of hydrogen-bond acceptors (Lipinski definition) is 1. The number of halogens is 1. The van der Waals surface area contributed by atoms with Crippen LogP contribution in [0, 0.1) is 6.67 Å². The molecule has 0 aliphatic heterocycles. The summed E-state index contributed by atoms with van der Waals surface area (Å²) in [6.07, 6.45) is 1.60. The van der Waals surface area contributed by atoms with E-state index in [9.17, 15) is 4.39 Å². The van der Waals surface area contributed by atoms with Crippen LogP contribution in [0.4, 0.5) is 4.39 Å². The maximum atomic E-state index is 12.3. The fraction of sp³-hybridized carbons (Fsp3) is 0. The van der Waals surface area contributed by atoms with Crippen molar-refractivity contribution in [1.29, 1.82) is 0 Å². The molecule has 2 heteroatoms. The number of nitrogens with zero attached hydrogens (tertiary/aromatic N) is 1. The number of fused-ring (bicyclic) bond motifs is 1. The monoisotopic (exact) mass is 160 g/mol. The molecule has 2 rings (SSSR count). The van der Waals surface area contributed by atoms with Gasteiger partial charge in [-0.05, 0) is 12.1 Å². The van der Waals surface area contributed by atoms with E-state index in [1.54, 1.807) is 12.3 Å². The summed E-state index contributed by atoms with van der Waals surface area (Å²) in [6.45, 7) is 0.601. The number of benzene rings is 1. The van der Waals surface area contributed by atoms with E-state index in [1.807, 2.05) is 24.3 Å². The van der Waals surface area contributed by atoms with Crippen molar-refractivity contribution in [2.45, 2.75) is 0 Å². The average Bonchev–Trinajstić information content (AvgIpc) is 2.17. The Hall–Kier alpha value is -1.44. The molecule has 1 heterocycles. The molecule has 1 aromatic carbocycles. The van der Waals surface area contributed by atoms with Crippen LogP contribution in [0.25, 0.3) is 10.9 Å². The second-order valence-corrected chi connectivity index (χ2v) is 2.53. The van der Waals surface area contributed by atoms with Gasteiger partial charge in [0.15, 0.2) is 6.67 Å². The Labute approximate surface area is 69.9 Å². The lowest BCUT2D eigenvalue weighted by atomic mass is 10.1. The van der Waals surface area contributed by atoms with Gasteiger partial charge in [0.1, 0.15) is 0 Å². The molecule has 0 unspecified atom stereocenters. The van der Waals surface area contributed by atoms with Crippen molar-refractivity contribution in [3.05, 3.63) is 48.8 Å². The Bertz CT molecular complexity index is 392. The molecule has 59 valence electrons. The van der Waals surface area contributed by atoms with E-state index < -0.39 is 0 Å². The Balaban J connectivity index is 2.79. The molecule has 1 nitrogen and oxygen atoms in total. The van der Waals surface area contributed by atoms with E-state index in [0.717, 1.165) is 10.9 Å². The van der Waals surface area contributed by atoms with Gasteiger partial charge in [-0.25, -0.2) is 4.39 Å². The molecule has 2 aromatic rings. The molecule has 1 radical (unpaired) electrons. The molecular formula is C10H7FN. The highest BCUT2D eigenvalue weighted by atomic mass is 19.1. The first-order valence-electron chi connectivity index (χ1n) is 3.69. The summed E-state index contributed by atoms with van der Waals surface area (Å²) in [5.74, 6) is 0. The van der Waals surface area contributed by atoms with E-state index in [1.165, 1.54) is 0 Å². The van der Waals surface area contributed by atoms with Crippen LogP contribution in [0.1, 0.15) is 5.56 Å². The molecule has 0 saturated carbocycles. The lowest BCUT2D eigenvalue weighted by Crippen LogP contribution is -1.82. The van der Waals surface area contributed by atoms with Crippen LogP contribution in [0.2, 0.25) is 0 Å². The molecule has 0 spiro atoms. The van der Waals surface area contributed by atoms with Crippen LogP contribution in [0.5, 0.6) is 0 Å². The normalized spacial score (nSPS) is 10.4. The molecule has 0 atom stereocenters. The van der Waals surface area contributed by atoms with Gasteiger partial charge in [0, 0.05) is 17.1 Å². The Kier molecular flexibility index (Phi) is 1.74. The lowest BCUT2D eigenvalue weighted by Gasteiger charge is -1.99. The average molecular weight is 160 g/mol. The van der Waals surface area contributed by atoms with Gasteiger partial charge >= 0.3 is 0 Å². The van der Waals surface area contributed by atoms with Crippen LogP contribution < -0.4 is 0 Å². The highest BCUT2D eigenvalue weighted by Gasteiger charge is 1.99. The third-order valence-electron chi connectivity index (χ3n) is 1.80. The molecule has 0 aliphatic carbocycles. The number of aromatic nitrogens is 1. The van der Waals surface area contributed by atoms with Crippen molar-refractivity contribution in [3.8, 4) is 0 Å². The molecule has 12 heavy (non-hydrogen) atoms. The summed E-state index contributed by atoms with van der Waals surface area (Å²) < 4.78 is 12.3. The highest BCUT2D eigenvalue weighted by molar-refractivity contribution is 5.82. The van der Waals surface area contributed by atoms with Crippen molar-refractivity contribution < 1.29 is 4.39 Å². The first-order chi connectivity index (χ1) is 5.92. The number of para-hydroxylation sites is 1. The first-order valence-corrected chi connectivity index (χ1v) is 3.69. The summed E-state index contributed by atoms with van der Waals surface area (Å²) in [4.78, 5) is 4.10. The zero-order valence-corrected chi connectivity index (χ0v) is 6.37. The molecule has 1 aromatic heterocycles. The van der Waals surface area contributed by atoms with Gasteiger partial charge in [-0.1, -0.05) is 18.2 Å². The van der Waals surface area contributed by atoms with Crippen LogP contribution in [-0.4, -0.2) is 4.98 Å². The van der Waals surface area contributed by atoms with E-state index in [2.05, 4.69) is 4.98 Å². The quantitative estimate of drug-likeness (QED) is 0.625. The standard InChI is InChI=1S/C10H7FN/c11-7-8-5-6-12-10-4-2-1-3-9(8)10/h1-7H. The van der Waals surface area contributed by atoms with Crippen molar-refractivity contribution in [3.63, 3.8) is 0 Å². The third-order valence-corrected chi connectivity index (χ3v) is 1.80. The fourth-order valence-corrected chi connectivity index (χ4v) is 1.21. The second-order valence-electron chi connectivity index (χ2n) is 2.53. The summed E-state index contributed by atoms with van der Waals surface area (Å²) in [6, 6.07) is 9.13. The van der Waals surface area contributed by atoms with Gasteiger partial charge in [0.05, 0.1) is 5.52 Å². The SMILES string of the molecule is F[CH]c1ccnc2ccccc12. The summed E-state index contributed by atoms with van der Waals surface area (Å²) in [7, 11) is 0. The number of hydrogen-bond donors (Lipinski definition) is 0. The fourth-order valence-electron chi connectivity index (χ4n) is 1.21. The zero-order chi connectivity index (χ0) is 8.39. The Morgan fingerprint density at radius 2 is 2.00 bits per heavy atom. The molecule has 0 amide bonds. The molecule has 0 saturated heterocycles. The molecule has 0 fully saturated rings. The van der Waals surface area contributed by atoms with Crippen LogP contribution >= 0.6 is 0 Å². The number of rotatable bonds is 1. The van der Waals surface area contributed by atoms with Crippen molar-refractivity contribution in [2.24, 2.45) is 0 Å². The highest BCUT2D eigenvalue weighted by Crippen LogP contribution is 2.17. The molecule has 0 aliphatic rings. The smallest absolute Gasteiger partial charge is 0.161 e. The van der Waals surface area contributed by atoms with Gasteiger partial charge in [-0.3, -0.25) is 4.98 Å². The minimum absolute atomic E-state index is 0.584. The van der Waals surface area contributed by atoms with Gasteiger partial charge in [0.25, 0.3) is 0 Å². The van der Waals surface area contributed by atoms with Gasteiger partial charge in [0.2, 0.25) is 0 Å². The second kappa shape index (κ2) is 2.89. The van der Waals surface area contributed by atoms with Gasteiger partial charge in [-0.2, -0.15) is 0 Å². The summed E-state index contributed by atoms with van der Waals surface area (Å²) in [5, 5.41) is 0.850. The van der Waals surface area contributed by atoms with Crippen LogP contribution in [-0.2, 0) is 0 Å². The minimum atomic E-state index is 0.584. The van der Waals surface area contributed by atoms with E-state index >= 15 is 0 Å². The van der Waals surface area contributed by atoms with E-state index in [-0.39, 0.29) is 0 Å². The Morgan fingerprint density at radius 1 is 1.17 bits per heavy atom. The predicted molar refractivity (Wildman–Crippen MR) is 46.3 cm³/mol. The third kappa shape index (κ3) is 1.05. The van der Waals surface area contributed by atoms with Crippen molar-refractivity contribution in [1.82, 2.24) is 4.98 Å². The van der Waals surface area contributed by atoms with Crippen LogP contribution in [0.3, 0.4) is 0 Å². The molecular weight excluding hydrogens is 153 g/mol. The van der Waals surface area contributed by atoms with E-state index in [4.69, 9.17) is 0 Å². The van der Waals surface area contributed by atoms with Crippen molar-refractivity contribution >= 4 is 10.9 Å². The largest absolute Gasteiger partial charge is 0.256 e. The summed E-state index contributed by atoms with van der Waals surface area (Å²) in [5.41, 5.74) is 1.41. The minimum Gasteiger partial charge on any atom is -0.256 e.